The monoisotopic (exact) mass is 299 g/mol. The first-order valence-corrected chi connectivity index (χ1v) is 7.43. The van der Waals surface area contributed by atoms with Crippen molar-refractivity contribution in [3.63, 3.8) is 0 Å². The predicted molar refractivity (Wildman–Crippen MR) is 87.5 cm³/mol. The van der Waals surface area contributed by atoms with E-state index >= 15 is 0 Å². The number of nitrogens with two attached hydrogens (primary N) is 1. The van der Waals surface area contributed by atoms with Crippen LogP contribution in [0.4, 0.5) is 4.79 Å². The molecule has 3 amide bonds. The van der Waals surface area contributed by atoms with Gasteiger partial charge in [-0.2, -0.15) is 0 Å². The van der Waals surface area contributed by atoms with Crippen molar-refractivity contribution >= 4 is 22.7 Å². The molecule has 5 nitrogen and oxygen atoms in total. The van der Waals surface area contributed by atoms with Gasteiger partial charge in [0.05, 0.1) is 0 Å². The van der Waals surface area contributed by atoms with Crippen LogP contribution in [0.15, 0.2) is 42.5 Å². The van der Waals surface area contributed by atoms with E-state index in [4.69, 9.17) is 5.73 Å². The van der Waals surface area contributed by atoms with E-state index in [9.17, 15) is 9.59 Å². The molecule has 4 N–H and O–H groups in total. The molecule has 0 heterocycles. The maximum absolute atomic E-state index is 11.6. The normalized spacial score (nSPS) is 10.4. The topological polar surface area (TPSA) is 84.2 Å². The highest BCUT2D eigenvalue weighted by Gasteiger charge is 2.03. The maximum Gasteiger partial charge on any atom is 0.314 e. The second kappa shape index (κ2) is 8.02. The van der Waals surface area contributed by atoms with Gasteiger partial charge in [0.1, 0.15) is 0 Å². The Hall–Kier alpha value is -2.56. The molecule has 2 rings (SSSR count). The lowest BCUT2D eigenvalue weighted by Crippen LogP contribution is -2.37. The fraction of sp³-hybridized carbons (Fsp3) is 0.294. The third-order valence-electron chi connectivity index (χ3n) is 3.45. The number of urea groups is 1. The largest absolute Gasteiger partial charge is 0.370 e. The molecule has 0 saturated heterocycles. The van der Waals surface area contributed by atoms with Crippen LogP contribution in [-0.2, 0) is 11.2 Å². The molecule has 0 atom stereocenters. The van der Waals surface area contributed by atoms with Crippen LogP contribution in [0.1, 0.15) is 18.4 Å². The van der Waals surface area contributed by atoms with Crippen molar-refractivity contribution in [2.75, 3.05) is 13.1 Å². The molecular weight excluding hydrogens is 278 g/mol. The Bertz CT molecular complexity index is 650. The van der Waals surface area contributed by atoms with Crippen LogP contribution in [0.3, 0.4) is 0 Å². The van der Waals surface area contributed by atoms with Gasteiger partial charge >= 0.3 is 6.03 Å². The number of fused-ring (bicyclic) bond motifs is 1. The molecule has 2 aromatic rings. The van der Waals surface area contributed by atoms with Gasteiger partial charge in [-0.1, -0.05) is 42.5 Å². The van der Waals surface area contributed by atoms with Crippen LogP contribution in [-0.4, -0.2) is 25.0 Å². The minimum absolute atomic E-state index is 0.218. The molecule has 0 unspecified atom stereocenters. The molecule has 0 aliphatic heterocycles. The number of rotatable bonds is 7. The second-order valence-electron chi connectivity index (χ2n) is 5.14. The molecule has 5 heteroatoms. The SMILES string of the molecule is NC(=O)CCCNC(=O)NCCc1cccc2ccccc12. The summed E-state index contributed by atoms with van der Waals surface area (Å²) in [5.74, 6) is -0.349. The average molecular weight is 299 g/mol. The zero-order chi connectivity index (χ0) is 15.8. The highest BCUT2D eigenvalue weighted by atomic mass is 16.2. The van der Waals surface area contributed by atoms with E-state index in [0.29, 0.717) is 19.5 Å². The van der Waals surface area contributed by atoms with Crippen molar-refractivity contribution in [2.24, 2.45) is 5.73 Å². The van der Waals surface area contributed by atoms with Crippen LogP contribution in [0, 0.1) is 0 Å². The smallest absolute Gasteiger partial charge is 0.314 e. The van der Waals surface area contributed by atoms with Gasteiger partial charge in [0, 0.05) is 19.5 Å². The van der Waals surface area contributed by atoms with Crippen molar-refractivity contribution in [2.45, 2.75) is 19.3 Å². The van der Waals surface area contributed by atoms with E-state index < -0.39 is 0 Å². The van der Waals surface area contributed by atoms with E-state index in [0.717, 1.165) is 6.42 Å². The molecule has 0 spiro atoms. The number of amides is 3. The number of hydrogen-bond acceptors (Lipinski definition) is 2. The highest BCUT2D eigenvalue weighted by molar-refractivity contribution is 5.85. The molecule has 0 fully saturated rings. The Morgan fingerprint density at radius 2 is 1.68 bits per heavy atom. The van der Waals surface area contributed by atoms with Gasteiger partial charge in [0.15, 0.2) is 0 Å². The molecule has 22 heavy (non-hydrogen) atoms. The molecule has 116 valence electrons. The second-order valence-corrected chi connectivity index (χ2v) is 5.14. The van der Waals surface area contributed by atoms with Crippen LogP contribution in [0.25, 0.3) is 10.8 Å². The molecular formula is C17H21N3O2. The number of carbonyl (C=O) groups excluding carboxylic acids is 2. The molecule has 0 bridgehead atoms. The lowest BCUT2D eigenvalue weighted by molar-refractivity contribution is -0.118. The van der Waals surface area contributed by atoms with E-state index in [-0.39, 0.29) is 18.4 Å². The minimum Gasteiger partial charge on any atom is -0.370 e. The summed E-state index contributed by atoms with van der Waals surface area (Å²) in [6.07, 6.45) is 1.62. The summed E-state index contributed by atoms with van der Waals surface area (Å²) in [6, 6.07) is 14.2. The molecule has 0 aliphatic rings. The Morgan fingerprint density at radius 1 is 0.955 bits per heavy atom. The van der Waals surface area contributed by atoms with Crippen molar-refractivity contribution in [3.8, 4) is 0 Å². The van der Waals surface area contributed by atoms with Gasteiger partial charge in [-0.05, 0) is 29.2 Å². The van der Waals surface area contributed by atoms with Crippen molar-refractivity contribution in [3.05, 3.63) is 48.0 Å². The summed E-state index contributed by atoms with van der Waals surface area (Å²) in [6.45, 7) is 1.01. The van der Waals surface area contributed by atoms with E-state index in [1.165, 1.54) is 16.3 Å². The predicted octanol–water partition coefficient (Wildman–Crippen LogP) is 1.95. The lowest BCUT2D eigenvalue weighted by atomic mass is 10.0. The minimum atomic E-state index is -0.349. The van der Waals surface area contributed by atoms with E-state index in [2.05, 4.69) is 34.9 Å². The Labute approximate surface area is 129 Å². The standard InChI is InChI=1S/C17H21N3O2/c18-16(21)9-4-11-19-17(22)20-12-10-14-7-3-6-13-5-1-2-8-15(13)14/h1-3,5-8H,4,9-12H2,(H2,18,21)(H2,19,20,22). The van der Waals surface area contributed by atoms with Crippen LogP contribution < -0.4 is 16.4 Å². The first-order chi connectivity index (χ1) is 10.7. The quantitative estimate of drug-likeness (QED) is 0.683. The lowest BCUT2D eigenvalue weighted by Gasteiger charge is -2.09. The molecule has 0 aliphatic carbocycles. The fourth-order valence-corrected chi connectivity index (χ4v) is 2.35. The maximum atomic E-state index is 11.6. The van der Waals surface area contributed by atoms with Crippen molar-refractivity contribution in [1.29, 1.82) is 0 Å². The zero-order valence-electron chi connectivity index (χ0n) is 12.5. The Kier molecular flexibility index (Phi) is 5.77. The molecule has 0 saturated carbocycles. The fourth-order valence-electron chi connectivity index (χ4n) is 2.35. The van der Waals surface area contributed by atoms with Crippen molar-refractivity contribution in [1.82, 2.24) is 10.6 Å². The van der Waals surface area contributed by atoms with Gasteiger partial charge in [-0.3, -0.25) is 4.79 Å². The number of primary amides is 1. The summed E-state index contributed by atoms with van der Waals surface area (Å²) in [4.78, 5) is 22.2. The third-order valence-corrected chi connectivity index (χ3v) is 3.45. The Balaban J connectivity index is 1.76. The van der Waals surface area contributed by atoms with Crippen LogP contribution >= 0.6 is 0 Å². The zero-order valence-corrected chi connectivity index (χ0v) is 12.5. The van der Waals surface area contributed by atoms with Crippen LogP contribution in [0.5, 0.6) is 0 Å². The first-order valence-electron chi connectivity index (χ1n) is 7.43. The van der Waals surface area contributed by atoms with E-state index in [1.807, 2.05) is 18.2 Å². The Morgan fingerprint density at radius 3 is 2.50 bits per heavy atom. The van der Waals surface area contributed by atoms with E-state index in [1.54, 1.807) is 0 Å². The number of hydrogen-bond donors (Lipinski definition) is 3. The number of benzene rings is 2. The van der Waals surface area contributed by atoms with Gasteiger partial charge in [0.25, 0.3) is 0 Å². The summed E-state index contributed by atoms with van der Waals surface area (Å²) < 4.78 is 0. The molecule has 0 radical (unpaired) electrons. The first kappa shape index (κ1) is 15.8. The van der Waals surface area contributed by atoms with Gasteiger partial charge in [-0.15, -0.1) is 0 Å². The van der Waals surface area contributed by atoms with Crippen LogP contribution in [0.2, 0.25) is 0 Å². The summed E-state index contributed by atoms with van der Waals surface area (Å²) in [5.41, 5.74) is 6.25. The summed E-state index contributed by atoms with van der Waals surface area (Å²) in [7, 11) is 0. The summed E-state index contributed by atoms with van der Waals surface area (Å²) in [5, 5.41) is 7.94. The average Bonchev–Trinajstić information content (AvgIpc) is 2.52. The van der Waals surface area contributed by atoms with Gasteiger partial charge in [-0.25, -0.2) is 4.79 Å². The van der Waals surface area contributed by atoms with Gasteiger partial charge < -0.3 is 16.4 Å². The number of carbonyl (C=O) groups is 2. The third kappa shape index (κ3) is 4.77. The molecule has 2 aromatic carbocycles. The molecule has 0 aromatic heterocycles. The highest BCUT2D eigenvalue weighted by Crippen LogP contribution is 2.18. The van der Waals surface area contributed by atoms with Crippen molar-refractivity contribution < 1.29 is 9.59 Å². The number of nitrogens with one attached hydrogen (secondary N) is 2. The summed E-state index contributed by atoms with van der Waals surface area (Å²) >= 11 is 0. The van der Waals surface area contributed by atoms with Gasteiger partial charge in [0.2, 0.25) is 5.91 Å².